The number of aryl methyl sites for hydroxylation is 2. The lowest BCUT2D eigenvalue weighted by Gasteiger charge is -2.08. The van der Waals surface area contributed by atoms with Gasteiger partial charge in [0.05, 0.1) is 0 Å². The first kappa shape index (κ1) is 12.8. The van der Waals surface area contributed by atoms with Gasteiger partial charge in [0.2, 0.25) is 5.91 Å². The highest BCUT2D eigenvalue weighted by molar-refractivity contribution is 5.76. The Morgan fingerprint density at radius 3 is 2.25 bits per heavy atom. The Bertz CT molecular complexity index is 327. The van der Waals surface area contributed by atoms with E-state index in [1.54, 1.807) is 0 Å². The number of hydrogen-bond donors (Lipinski definition) is 1. The number of hydrogen-bond acceptors (Lipinski definition) is 1. The summed E-state index contributed by atoms with van der Waals surface area (Å²) in [4.78, 5) is 11.4. The molecule has 0 radical (unpaired) electrons. The molecule has 0 unspecified atom stereocenters. The van der Waals surface area contributed by atoms with Crippen molar-refractivity contribution in [1.29, 1.82) is 0 Å². The van der Waals surface area contributed by atoms with Gasteiger partial charge in [0, 0.05) is 12.5 Å². The van der Waals surface area contributed by atoms with Crippen LogP contribution in [0.1, 0.15) is 38.3 Å². The van der Waals surface area contributed by atoms with Crippen molar-refractivity contribution >= 4 is 5.91 Å². The SMILES string of the molecule is CCc1ccc(CCC(=O)NC(C)C)cc1. The fourth-order valence-corrected chi connectivity index (χ4v) is 1.59. The van der Waals surface area contributed by atoms with E-state index >= 15 is 0 Å². The van der Waals surface area contributed by atoms with Gasteiger partial charge in [-0.3, -0.25) is 4.79 Å². The fraction of sp³-hybridized carbons (Fsp3) is 0.500. The van der Waals surface area contributed by atoms with Gasteiger partial charge >= 0.3 is 0 Å². The van der Waals surface area contributed by atoms with E-state index in [2.05, 4.69) is 36.5 Å². The Hall–Kier alpha value is -1.31. The maximum atomic E-state index is 11.4. The standard InChI is InChI=1S/C14H21NO/c1-4-12-5-7-13(8-6-12)9-10-14(16)15-11(2)3/h5-8,11H,4,9-10H2,1-3H3,(H,15,16). The summed E-state index contributed by atoms with van der Waals surface area (Å²) in [6, 6.07) is 8.73. The largest absolute Gasteiger partial charge is 0.354 e. The van der Waals surface area contributed by atoms with Crippen LogP contribution in [-0.2, 0) is 17.6 Å². The third-order valence-electron chi connectivity index (χ3n) is 2.52. The van der Waals surface area contributed by atoms with Crippen LogP contribution < -0.4 is 5.32 Å². The minimum absolute atomic E-state index is 0.134. The number of nitrogens with one attached hydrogen (secondary N) is 1. The molecule has 0 fully saturated rings. The van der Waals surface area contributed by atoms with Crippen molar-refractivity contribution in [3.05, 3.63) is 35.4 Å². The predicted octanol–water partition coefficient (Wildman–Crippen LogP) is 2.71. The van der Waals surface area contributed by atoms with Gasteiger partial charge < -0.3 is 5.32 Å². The van der Waals surface area contributed by atoms with E-state index in [-0.39, 0.29) is 11.9 Å². The zero-order chi connectivity index (χ0) is 12.0. The summed E-state index contributed by atoms with van der Waals surface area (Å²) in [5.74, 6) is 0.134. The number of rotatable bonds is 5. The maximum absolute atomic E-state index is 11.4. The molecule has 1 aromatic rings. The molecule has 16 heavy (non-hydrogen) atoms. The molecular formula is C14H21NO. The zero-order valence-corrected chi connectivity index (χ0v) is 10.4. The number of benzene rings is 1. The highest BCUT2D eigenvalue weighted by Crippen LogP contribution is 2.07. The second kappa shape index (κ2) is 6.31. The van der Waals surface area contributed by atoms with Crippen molar-refractivity contribution in [1.82, 2.24) is 5.32 Å². The van der Waals surface area contributed by atoms with Crippen LogP contribution in [0.3, 0.4) is 0 Å². The minimum atomic E-state index is 0.134. The molecule has 88 valence electrons. The van der Waals surface area contributed by atoms with E-state index in [1.807, 2.05) is 13.8 Å². The average Bonchev–Trinajstić information content (AvgIpc) is 2.26. The molecule has 0 saturated carbocycles. The summed E-state index contributed by atoms with van der Waals surface area (Å²) in [6.45, 7) is 6.10. The van der Waals surface area contributed by atoms with E-state index in [0.29, 0.717) is 6.42 Å². The van der Waals surface area contributed by atoms with Gasteiger partial charge in [-0.1, -0.05) is 31.2 Å². The monoisotopic (exact) mass is 219 g/mol. The molecule has 1 aromatic carbocycles. The van der Waals surface area contributed by atoms with Crippen molar-refractivity contribution in [3.8, 4) is 0 Å². The second-order valence-electron chi connectivity index (χ2n) is 4.39. The molecule has 0 atom stereocenters. The normalized spacial score (nSPS) is 10.5. The smallest absolute Gasteiger partial charge is 0.220 e. The molecule has 1 amide bonds. The number of carbonyl (C=O) groups is 1. The first-order chi connectivity index (χ1) is 7.61. The molecule has 0 aliphatic carbocycles. The van der Waals surface area contributed by atoms with Crippen LogP contribution in [-0.4, -0.2) is 11.9 Å². The molecular weight excluding hydrogens is 198 g/mol. The first-order valence-electron chi connectivity index (χ1n) is 5.99. The van der Waals surface area contributed by atoms with Gasteiger partial charge in [-0.15, -0.1) is 0 Å². The van der Waals surface area contributed by atoms with Gasteiger partial charge in [-0.05, 0) is 37.8 Å². The fourth-order valence-electron chi connectivity index (χ4n) is 1.59. The van der Waals surface area contributed by atoms with Crippen molar-refractivity contribution in [2.45, 2.75) is 46.1 Å². The third-order valence-corrected chi connectivity index (χ3v) is 2.52. The molecule has 0 heterocycles. The van der Waals surface area contributed by atoms with Gasteiger partial charge in [-0.2, -0.15) is 0 Å². The van der Waals surface area contributed by atoms with Crippen molar-refractivity contribution in [2.24, 2.45) is 0 Å². The molecule has 2 heteroatoms. The van der Waals surface area contributed by atoms with Gasteiger partial charge in [0.25, 0.3) is 0 Å². The van der Waals surface area contributed by atoms with Crippen LogP contribution in [0.2, 0.25) is 0 Å². The summed E-state index contributed by atoms with van der Waals surface area (Å²) in [7, 11) is 0. The molecule has 0 aromatic heterocycles. The Morgan fingerprint density at radius 2 is 1.75 bits per heavy atom. The van der Waals surface area contributed by atoms with E-state index in [4.69, 9.17) is 0 Å². The first-order valence-corrected chi connectivity index (χ1v) is 5.99. The second-order valence-corrected chi connectivity index (χ2v) is 4.39. The highest BCUT2D eigenvalue weighted by atomic mass is 16.1. The topological polar surface area (TPSA) is 29.1 Å². The summed E-state index contributed by atoms with van der Waals surface area (Å²) >= 11 is 0. The van der Waals surface area contributed by atoms with Gasteiger partial charge in [0.1, 0.15) is 0 Å². The summed E-state index contributed by atoms with van der Waals surface area (Å²) in [6.07, 6.45) is 2.46. The van der Waals surface area contributed by atoms with Crippen molar-refractivity contribution in [3.63, 3.8) is 0 Å². The van der Waals surface area contributed by atoms with Crippen LogP contribution in [0.4, 0.5) is 0 Å². The molecule has 0 aliphatic heterocycles. The number of carbonyl (C=O) groups excluding carboxylic acids is 1. The van der Waals surface area contributed by atoms with E-state index in [0.717, 1.165) is 12.8 Å². The molecule has 1 rings (SSSR count). The van der Waals surface area contributed by atoms with Crippen LogP contribution in [0.5, 0.6) is 0 Å². The van der Waals surface area contributed by atoms with E-state index in [1.165, 1.54) is 11.1 Å². The lowest BCUT2D eigenvalue weighted by Crippen LogP contribution is -2.30. The minimum Gasteiger partial charge on any atom is -0.354 e. The molecule has 0 saturated heterocycles. The van der Waals surface area contributed by atoms with Crippen molar-refractivity contribution < 1.29 is 4.79 Å². The van der Waals surface area contributed by atoms with Gasteiger partial charge in [0.15, 0.2) is 0 Å². The molecule has 1 N–H and O–H groups in total. The molecule has 0 spiro atoms. The average molecular weight is 219 g/mol. The number of amides is 1. The zero-order valence-electron chi connectivity index (χ0n) is 10.4. The lowest BCUT2D eigenvalue weighted by atomic mass is 10.1. The van der Waals surface area contributed by atoms with Crippen molar-refractivity contribution in [2.75, 3.05) is 0 Å². The Labute approximate surface area is 98.1 Å². The Morgan fingerprint density at radius 1 is 1.19 bits per heavy atom. The van der Waals surface area contributed by atoms with Crippen LogP contribution in [0.15, 0.2) is 24.3 Å². The summed E-state index contributed by atoms with van der Waals surface area (Å²) in [5, 5.41) is 2.90. The third kappa shape index (κ3) is 4.47. The molecule has 2 nitrogen and oxygen atoms in total. The summed E-state index contributed by atoms with van der Waals surface area (Å²) < 4.78 is 0. The van der Waals surface area contributed by atoms with Crippen LogP contribution >= 0.6 is 0 Å². The Balaban J connectivity index is 2.39. The Kier molecular flexibility index (Phi) is 5.03. The van der Waals surface area contributed by atoms with Crippen LogP contribution in [0.25, 0.3) is 0 Å². The predicted molar refractivity (Wildman–Crippen MR) is 67.4 cm³/mol. The maximum Gasteiger partial charge on any atom is 0.220 e. The van der Waals surface area contributed by atoms with E-state index < -0.39 is 0 Å². The van der Waals surface area contributed by atoms with Crippen LogP contribution in [0, 0.1) is 0 Å². The summed E-state index contributed by atoms with van der Waals surface area (Å²) in [5.41, 5.74) is 2.58. The van der Waals surface area contributed by atoms with Gasteiger partial charge in [-0.25, -0.2) is 0 Å². The molecule has 0 aliphatic rings. The molecule has 0 bridgehead atoms. The lowest BCUT2D eigenvalue weighted by molar-refractivity contribution is -0.121. The quantitative estimate of drug-likeness (QED) is 0.810. The highest BCUT2D eigenvalue weighted by Gasteiger charge is 2.03. The van der Waals surface area contributed by atoms with E-state index in [9.17, 15) is 4.79 Å².